The first-order chi connectivity index (χ1) is 13.3. The Kier molecular flexibility index (Phi) is 3.66. The van der Waals surface area contributed by atoms with Gasteiger partial charge in [0.05, 0.1) is 12.0 Å². The fourth-order valence-corrected chi connectivity index (χ4v) is 3.32. The van der Waals surface area contributed by atoms with Gasteiger partial charge in [0.25, 0.3) is 0 Å². The molecule has 27 heavy (non-hydrogen) atoms. The third kappa shape index (κ3) is 2.84. The van der Waals surface area contributed by atoms with Gasteiger partial charge in [-0.1, -0.05) is 0 Å². The molecule has 0 bridgehead atoms. The molecule has 136 valence electrons. The van der Waals surface area contributed by atoms with Gasteiger partial charge >= 0.3 is 0 Å². The predicted octanol–water partition coefficient (Wildman–Crippen LogP) is 0.964. The highest BCUT2D eigenvalue weighted by Gasteiger charge is 2.22. The van der Waals surface area contributed by atoms with Crippen molar-refractivity contribution in [3.05, 3.63) is 43.0 Å². The molecule has 0 saturated carbocycles. The number of hydrogen-bond donors (Lipinski definition) is 1. The molecule has 1 aliphatic rings. The molecule has 4 aromatic rings. The molecule has 5 rings (SSSR count). The summed E-state index contributed by atoms with van der Waals surface area (Å²) in [5.74, 6) is 2.57. The van der Waals surface area contributed by atoms with Crippen LogP contribution in [0, 0.1) is 6.92 Å². The summed E-state index contributed by atoms with van der Waals surface area (Å²) in [6.07, 6.45) is 6.71. The molecule has 0 unspecified atom stereocenters. The molecule has 0 radical (unpaired) electrons. The highest BCUT2D eigenvalue weighted by molar-refractivity contribution is 5.82. The molecule has 10 nitrogen and oxygen atoms in total. The van der Waals surface area contributed by atoms with Gasteiger partial charge in [-0.15, -0.1) is 0 Å². The third-order valence-electron chi connectivity index (χ3n) is 4.70. The fourth-order valence-electron chi connectivity index (χ4n) is 3.32. The summed E-state index contributed by atoms with van der Waals surface area (Å²) in [4.78, 5) is 29.3. The standard InChI is InChI=1S/C17H18N10/c1-12-2-3-27(24-12)14-8-13(18-9-19-14)25-4-6-26(7-5-25)17-15-16(21-10-20-15)22-11-23-17/h2-3,8-11H,4-7H2,1H3,(H,20,21,22,23). The average Bonchev–Trinajstić information content (AvgIpc) is 3.37. The third-order valence-corrected chi connectivity index (χ3v) is 4.70. The molecule has 0 aromatic carbocycles. The Morgan fingerprint density at radius 2 is 1.67 bits per heavy atom. The zero-order valence-electron chi connectivity index (χ0n) is 14.8. The van der Waals surface area contributed by atoms with Crippen LogP contribution in [0.15, 0.2) is 37.3 Å². The molecule has 4 aromatic heterocycles. The van der Waals surface area contributed by atoms with Gasteiger partial charge in [0.15, 0.2) is 17.3 Å². The van der Waals surface area contributed by atoms with E-state index in [1.54, 1.807) is 23.7 Å². The first-order valence-corrected chi connectivity index (χ1v) is 8.76. The number of imidazole rings is 1. The molecule has 1 saturated heterocycles. The smallest absolute Gasteiger partial charge is 0.182 e. The number of piperazine rings is 1. The van der Waals surface area contributed by atoms with Crippen LogP contribution in [0.5, 0.6) is 0 Å². The maximum Gasteiger partial charge on any atom is 0.182 e. The SMILES string of the molecule is Cc1ccn(-c2cc(N3CCN(c4ncnc5nc[nH]c45)CC3)ncn2)n1. The molecule has 1 fully saturated rings. The number of fused-ring (bicyclic) bond motifs is 1. The van der Waals surface area contributed by atoms with Gasteiger partial charge in [-0.25, -0.2) is 29.6 Å². The summed E-state index contributed by atoms with van der Waals surface area (Å²) in [7, 11) is 0. The number of aryl methyl sites for hydroxylation is 1. The van der Waals surface area contributed by atoms with Gasteiger partial charge in [0.1, 0.15) is 24.0 Å². The molecular weight excluding hydrogens is 344 g/mol. The normalized spacial score (nSPS) is 14.9. The van der Waals surface area contributed by atoms with E-state index in [-0.39, 0.29) is 0 Å². The number of aromatic amines is 1. The Labute approximate surface area is 154 Å². The Hall–Kier alpha value is -3.56. The van der Waals surface area contributed by atoms with Crippen molar-refractivity contribution >= 4 is 22.8 Å². The van der Waals surface area contributed by atoms with Gasteiger partial charge in [-0.2, -0.15) is 5.10 Å². The maximum absolute atomic E-state index is 4.45. The molecule has 1 N–H and O–H groups in total. The van der Waals surface area contributed by atoms with Crippen molar-refractivity contribution < 1.29 is 0 Å². The zero-order chi connectivity index (χ0) is 18.2. The lowest BCUT2D eigenvalue weighted by Gasteiger charge is -2.36. The summed E-state index contributed by atoms with van der Waals surface area (Å²) in [5.41, 5.74) is 2.53. The number of anilines is 2. The van der Waals surface area contributed by atoms with Gasteiger partial charge in [0.2, 0.25) is 0 Å². The molecule has 0 amide bonds. The van der Waals surface area contributed by atoms with Crippen LogP contribution in [-0.2, 0) is 0 Å². The number of hydrogen-bond acceptors (Lipinski definition) is 8. The van der Waals surface area contributed by atoms with Crippen molar-refractivity contribution in [2.75, 3.05) is 36.0 Å². The van der Waals surface area contributed by atoms with Crippen LogP contribution in [-0.4, -0.2) is 65.9 Å². The maximum atomic E-state index is 4.45. The summed E-state index contributed by atoms with van der Waals surface area (Å²) in [5, 5.41) is 4.42. The quantitative estimate of drug-likeness (QED) is 0.575. The van der Waals surface area contributed by atoms with E-state index in [9.17, 15) is 0 Å². The average molecular weight is 362 g/mol. The van der Waals surface area contributed by atoms with E-state index in [4.69, 9.17) is 0 Å². The lowest BCUT2D eigenvalue weighted by Crippen LogP contribution is -2.47. The summed E-state index contributed by atoms with van der Waals surface area (Å²) < 4.78 is 1.77. The summed E-state index contributed by atoms with van der Waals surface area (Å²) in [6.45, 7) is 5.32. The van der Waals surface area contributed by atoms with Crippen molar-refractivity contribution in [3.8, 4) is 5.82 Å². The van der Waals surface area contributed by atoms with Crippen LogP contribution in [0.1, 0.15) is 5.69 Å². The van der Waals surface area contributed by atoms with Crippen molar-refractivity contribution in [2.45, 2.75) is 6.92 Å². The number of nitrogens with one attached hydrogen (secondary N) is 1. The van der Waals surface area contributed by atoms with E-state index in [0.29, 0.717) is 5.65 Å². The van der Waals surface area contributed by atoms with E-state index < -0.39 is 0 Å². The molecule has 5 heterocycles. The van der Waals surface area contributed by atoms with Gasteiger partial charge in [-0.05, 0) is 13.0 Å². The summed E-state index contributed by atoms with van der Waals surface area (Å²) in [6, 6.07) is 3.93. The van der Waals surface area contributed by atoms with E-state index >= 15 is 0 Å². The first-order valence-electron chi connectivity index (χ1n) is 8.76. The second kappa shape index (κ2) is 6.31. The topological polar surface area (TPSA) is 105 Å². The van der Waals surface area contributed by atoms with Crippen LogP contribution >= 0.6 is 0 Å². The largest absolute Gasteiger partial charge is 0.353 e. The van der Waals surface area contributed by atoms with Crippen LogP contribution in [0.25, 0.3) is 17.0 Å². The lowest BCUT2D eigenvalue weighted by molar-refractivity contribution is 0.641. The second-order valence-corrected chi connectivity index (χ2v) is 6.41. The minimum atomic E-state index is 0.692. The Morgan fingerprint density at radius 3 is 2.48 bits per heavy atom. The van der Waals surface area contributed by atoms with Gasteiger partial charge in [-0.3, -0.25) is 0 Å². The van der Waals surface area contributed by atoms with Crippen molar-refractivity contribution in [2.24, 2.45) is 0 Å². The Bertz CT molecular complexity index is 1080. The Morgan fingerprint density at radius 1 is 0.889 bits per heavy atom. The number of H-pyrrole nitrogens is 1. The number of rotatable bonds is 3. The van der Waals surface area contributed by atoms with Crippen molar-refractivity contribution in [1.29, 1.82) is 0 Å². The van der Waals surface area contributed by atoms with Gasteiger partial charge < -0.3 is 14.8 Å². The van der Waals surface area contributed by atoms with Crippen LogP contribution < -0.4 is 9.80 Å². The monoisotopic (exact) mass is 362 g/mol. The predicted molar refractivity (Wildman–Crippen MR) is 100 cm³/mol. The fraction of sp³-hybridized carbons (Fsp3) is 0.294. The van der Waals surface area contributed by atoms with E-state index in [1.165, 1.54) is 0 Å². The minimum absolute atomic E-state index is 0.692. The zero-order valence-corrected chi connectivity index (χ0v) is 14.8. The van der Waals surface area contributed by atoms with Crippen LogP contribution in [0.2, 0.25) is 0 Å². The Balaban J connectivity index is 1.34. The highest BCUT2D eigenvalue weighted by atomic mass is 15.3. The van der Waals surface area contributed by atoms with E-state index in [2.05, 4.69) is 44.8 Å². The second-order valence-electron chi connectivity index (χ2n) is 6.41. The first kappa shape index (κ1) is 15.7. The number of nitrogens with zero attached hydrogens (tertiary/aromatic N) is 9. The molecular formula is C17H18N10. The van der Waals surface area contributed by atoms with Crippen LogP contribution in [0.3, 0.4) is 0 Å². The molecule has 0 aliphatic carbocycles. The molecule has 0 atom stereocenters. The molecule has 1 aliphatic heterocycles. The van der Waals surface area contributed by atoms with E-state index in [1.807, 2.05) is 25.3 Å². The van der Waals surface area contributed by atoms with Gasteiger partial charge in [0, 0.05) is 38.4 Å². The van der Waals surface area contributed by atoms with Crippen molar-refractivity contribution in [1.82, 2.24) is 39.7 Å². The number of aromatic nitrogens is 8. The summed E-state index contributed by atoms with van der Waals surface area (Å²) >= 11 is 0. The van der Waals surface area contributed by atoms with Crippen LogP contribution in [0.4, 0.5) is 11.6 Å². The molecule has 10 heteroatoms. The van der Waals surface area contributed by atoms with E-state index in [0.717, 1.165) is 54.8 Å². The minimum Gasteiger partial charge on any atom is -0.353 e. The lowest BCUT2D eigenvalue weighted by atomic mass is 10.3. The van der Waals surface area contributed by atoms with Crippen molar-refractivity contribution in [3.63, 3.8) is 0 Å². The molecule has 0 spiro atoms. The highest BCUT2D eigenvalue weighted by Crippen LogP contribution is 2.22.